The molecule has 0 spiro atoms. The molecule has 3 aromatic rings. The van der Waals surface area contributed by atoms with Crippen molar-refractivity contribution in [1.82, 2.24) is 25.2 Å². The maximum absolute atomic E-state index is 12.8. The van der Waals surface area contributed by atoms with Gasteiger partial charge in [0, 0.05) is 30.4 Å². The monoisotopic (exact) mass is 506 g/mol. The first-order valence-corrected chi connectivity index (χ1v) is 12.7. The van der Waals surface area contributed by atoms with Crippen molar-refractivity contribution in [3.63, 3.8) is 0 Å². The highest BCUT2D eigenvalue weighted by molar-refractivity contribution is 7.14. The molecule has 10 nitrogen and oxygen atoms in total. The molecule has 1 fully saturated rings. The van der Waals surface area contributed by atoms with Crippen LogP contribution in [0.4, 0.5) is 11.5 Å². The average Bonchev–Trinajstić information content (AvgIpc) is 3.36. The van der Waals surface area contributed by atoms with E-state index < -0.39 is 0 Å². The summed E-state index contributed by atoms with van der Waals surface area (Å²) >= 11 is 1.67. The topological polar surface area (TPSA) is 144 Å². The molecule has 188 valence electrons. The summed E-state index contributed by atoms with van der Waals surface area (Å²) in [5.41, 5.74) is 7.09. The molecule has 4 N–H and O–H groups in total. The van der Waals surface area contributed by atoms with Crippen molar-refractivity contribution in [1.29, 1.82) is 5.26 Å². The lowest BCUT2D eigenvalue weighted by molar-refractivity contribution is 0.0930. The number of likely N-dealkylation sites (tertiary alicyclic amines) is 1. The Kier molecular flexibility index (Phi) is 8.10. The van der Waals surface area contributed by atoms with E-state index in [1.807, 2.05) is 30.5 Å². The number of nitriles is 1. The van der Waals surface area contributed by atoms with Gasteiger partial charge >= 0.3 is 0 Å². The Balaban J connectivity index is 1.29. The van der Waals surface area contributed by atoms with Crippen molar-refractivity contribution in [3.8, 4) is 16.8 Å². The Bertz CT molecular complexity index is 1230. The van der Waals surface area contributed by atoms with Crippen LogP contribution in [0.5, 0.6) is 0 Å². The molecule has 0 atom stereocenters. The summed E-state index contributed by atoms with van der Waals surface area (Å²) in [5, 5.41) is 24.4. The van der Waals surface area contributed by atoms with E-state index in [2.05, 4.69) is 25.2 Å². The highest BCUT2D eigenvalue weighted by atomic mass is 32.1. The molecule has 0 radical (unpaired) electrons. The van der Waals surface area contributed by atoms with Crippen molar-refractivity contribution in [2.24, 2.45) is 5.92 Å². The number of anilines is 2. The zero-order chi connectivity index (χ0) is 25.7. The van der Waals surface area contributed by atoms with Gasteiger partial charge in [0.15, 0.2) is 5.82 Å². The Morgan fingerprint density at radius 3 is 2.81 bits per heavy atom. The van der Waals surface area contributed by atoms with E-state index in [9.17, 15) is 15.3 Å². The quantitative estimate of drug-likeness (QED) is 0.392. The van der Waals surface area contributed by atoms with Crippen molar-refractivity contribution in [2.75, 3.05) is 30.4 Å². The highest BCUT2D eigenvalue weighted by Gasteiger charge is 2.23. The van der Waals surface area contributed by atoms with Gasteiger partial charge in [0.25, 0.3) is 5.91 Å². The molecule has 11 heteroatoms. The van der Waals surface area contributed by atoms with Crippen molar-refractivity contribution in [3.05, 3.63) is 52.8 Å². The van der Waals surface area contributed by atoms with Crippen molar-refractivity contribution in [2.45, 2.75) is 39.3 Å². The van der Waals surface area contributed by atoms with E-state index in [1.54, 1.807) is 31.4 Å². The fraction of sp³-hybridized carbons (Fsp3) is 0.400. The minimum atomic E-state index is -0.376. The van der Waals surface area contributed by atoms with Gasteiger partial charge in [-0.15, -0.1) is 11.3 Å². The number of nitrogen functional groups attached to an aromatic ring is 1. The SMILES string of the molecule is CC(C)N(O)c1nc(C(=O)NCC2CCN(Cc3cnc(-c4ccccn4)s3)CC2)cc(N)c1C#N. The van der Waals surface area contributed by atoms with Gasteiger partial charge in [-0.05, 0) is 63.9 Å². The second-order valence-electron chi connectivity index (χ2n) is 9.12. The zero-order valence-electron chi connectivity index (χ0n) is 20.4. The second kappa shape index (κ2) is 11.4. The van der Waals surface area contributed by atoms with Crippen LogP contribution in [0.2, 0.25) is 0 Å². The van der Waals surface area contributed by atoms with E-state index in [-0.39, 0.29) is 34.7 Å². The number of carbonyl (C=O) groups is 1. The molecular weight excluding hydrogens is 476 g/mol. The molecule has 1 amide bonds. The van der Waals surface area contributed by atoms with E-state index in [0.29, 0.717) is 12.5 Å². The van der Waals surface area contributed by atoms with Crippen molar-refractivity contribution < 1.29 is 10.0 Å². The Morgan fingerprint density at radius 1 is 1.36 bits per heavy atom. The lowest BCUT2D eigenvalue weighted by Gasteiger charge is -2.31. The maximum Gasteiger partial charge on any atom is 0.270 e. The molecule has 0 aliphatic carbocycles. The summed E-state index contributed by atoms with van der Waals surface area (Å²) in [7, 11) is 0. The van der Waals surface area contributed by atoms with Gasteiger partial charge in [0.1, 0.15) is 22.3 Å². The van der Waals surface area contributed by atoms with Crippen LogP contribution in [0.3, 0.4) is 0 Å². The number of piperidine rings is 1. The number of hydrogen-bond donors (Lipinski definition) is 3. The standard InChI is InChI=1S/C25H30N8O2S/c1-16(2)33(35)23-19(12-26)20(27)11-22(31-23)24(34)29-13-17-6-9-32(10-7-17)15-18-14-30-25(36-18)21-5-3-4-8-28-21/h3-5,8,11,14,16-17,35H,6-7,9-10,13,15H2,1-2H3,(H2,27,31)(H,29,34). The molecular formula is C25H30N8O2S. The van der Waals surface area contributed by atoms with Crippen LogP contribution in [0.1, 0.15) is 47.6 Å². The van der Waals surface area contributed by atoms with Gasteiger partial charge in [0.05, 0.1) is 17.4 Å². The molecule has 36 heavy (non-hydrogen) atoms. The first-order valence-electron chi connectivity index (χ1n) is 11.9. The van der Waals surface area contributed by atoms with E-state index in [4.69, 9.17) is 5.73 Å². The molecule has 0 unspecified atom stereocenters. The number of hydroxylamine groups is 1. The Hall–Kier alpha value is -3.59. The first-order chi connectivity index (χ1) is 17.4. The van der Waals surface area contributed by atoms with Crippen LogP contribution in [-0.2, 0) is 6.54 Å². The average molecular weight is 507 g/mol. The fourth-order valence-electron chi connectivity index (χ4n) is 4.08. The first kappa shape index (κ1) is 25.5. The number of carbonyl (C=O) groups excluding carboxylic acids is 1. The van der Waals surface area contributed by atoms with Crippen LogP contribution in [-0.4, -0.2) is 56.6 Å². The molecule has 1 saturated heterocycles. The van der Waals surface area contributed by atoms with Gasteiger partial charge in [-0.3, -0.25) is 19.9 Å². The van der Waals surface area contributed by atoms with Crippen molar-refractivity contribution >= 4 is 28.7 Å². The third-order valence-corrected chi connectivity index (χ3v) is 7.16. The number of aromatic nitrogens is 3. The van der Waals surface area contributed by atoms with Gasteiger partial charge < -0.3 is 11.1 Å². The van der Waals surface area contributed by atoms with E-state index in [0.717, 1.165) is 48.2 Å². The minimum absolute atomic E-state index is 0.0137. The lowest BCUT2D eigenvalue weighted by Crippen LogP contribution is -2.38. The summed E-state index contributed by atoms with van der Waals surface area (Å²) in [6.07, 6.45) is 5.65. The Morgan fingerprint density at radius 2 is 2.14 bits per heavy atom. The Labute approximate surface area is 214 Å². The zero-order valence-corrected chi connectivity index (χ0v) is 21.2. The number of thiazole rings is 1. The van der Waals surface area contributed by atoms with Crippen LogP contribution >= 0.6 is 11.3 Å². The minimum Gasteiger partial charge on any atom is -0.397 e. The number of nitrogens with two attached hydrogens (primary N) is 1. The molecule has 0 saturated carbocycles. The maximum atomic E-state index is 12.8. The summed E-state index contributed by atoms with van der Waals surface area (Å²) in [4.78, 5) is 29.5. The number of hydrogen-bond acceptors (Lipinski definition) is 10. The molecule has 4 heterocycles. The molecule has 1 aliphatic heterocycles. The van der Waals surface area contributed by atoms with Gasteiger partial charge in [0.2, 0.25) is 0 Å². The third kappa shape index (κ3) is 5.96. The number of rotatable bonds is 8. The van der Waals surface area contributed by atoms with Crippen LogP contribution in [0, 0.1) is 17.2 Å². The van der Waals surface area contributed by atoms with Crippen LogP contribution in [0.15, 0.2) is 36.7 Å². The molecule has 0 aromatic carbocycles. The predicted molar refractivity (Wildman–Crippen MR) is 138 cm³/mol. The van der Waals surface area contributed by atoms with E-state index in [1.165, 1.54) is 10.9 Å². The van der Waals surface area contributed by atoms with Crippen LogP contribution in [0.25, 0.3) is 10.7 Å². The summed E-state index contributed by atoms with van der Waals surface area (Å²) in [6.45, 7) is 6.75. The summed E-state index contributed by atoms with van der Waals surface area (Å²) in [5.74, 6) is -0.0325. The van der Waals surface area contributed by atoms with E-state index >= 15 is 0 Å². The number of nitrogens with zero attached hydrogens (tertiary/aromatic N) is 6. The molecule has 3 aromatic heterocycles. The molecule has 4 rings (SSSR count). The van der Waals surface area contributed by atoms with Gasteiger partial charge in [-0.2, -0.15) is 5.26 Å². The highest BCUT2D eigenvalue weighted by Crippen LogP contribution is 2.27. The number of nitrogens with one attached hydrogen (secondary N) is 1. The predicted octanol–water partition coefficient (Wildman–Crippen LogP) is 3.30. The normalized spacial score (nSPS) is 14.5. The van der Waals surface area contributed by atoms with Gasteiger partial charge in [-0.1, -0.05) is 6.07 Å². The third-order valence-electron chi connectivity index (χ3n) is 6.16. The smallest absolute Gasteiger partial charge is 0.270 e. The fourth-order valence-corrected chi connectivity index (χ4v) is 5.01. The second-order valence-corrected chi connectivity index (χ2v) is 10.2. The molecule has 0 bridgehead atoms. The number of amides is 1. The summed E-state index contributed by atoms with van der Waals surface area (Å²) < 4.78 is 0. The van der Waals surface area contributed by atoms with Crippen LogP contribution < -0.4 is 16.1 Å². The number of pyridine rings is 2. The lowest BCUT2D eigenvalue weighted by atomic mass is 9.96. The summed E-state index contributed by atoms with van der Waals surface area (Å²) in [6, 6.07) is 8.82. The largest absolute Gasteiger partial charge is 0.397 e. The van der Waals surface area contributed by atoms with Gasteiger partial charge in [-0.25, -0.2) is 15.0 Å². The molecule has 1 aliphatic rings.